The second-order valence-corrected chi connectivity index (χ2v) is 11.2. The van der Waals surface area contributed by atoms with Gasteiger partial charge in [0.05, 0.1) is 22.8 Å². The maximum atomic E-state index is 13.5. The predicted molar refractivity (Wildman–Crippen MR) is 148 cm³/mol. The molecule has 8 heteroatoms. The lowest BCUT2D eigenvalue weighted by Gasteiger charge is -2.28. The van der Waals surface area contributed by atoms with Crippen LogP contribution in [0.2, 0.25) is 0 Å². The van der Waals surface area contributed by atoms with Crippen LogP contribution in [0.15, 0.2) is 76.0 Å². The largest absolute Gasteiger partial charge is 0.452 e. The Bertz CT molecular complexity index is 1520. The molecule has 1 aromatic carbocycles. The molecule has 3 aromatic heterocycles. The maximum absolute atomic E-state index is 13.5. The van der Waals surface area contributed by atoms with E-state index < -0.39 is 5.97 Å². The quantitative estimate of drug-likeness (QED) is 0.273. The van der Waals surface area contributed by atoms with Crippen LogP contribution in [0.4, 0.5) is 0 Å². The van der Waals surface area contributed by atoms with Gasteiger partial charge >= 0.3 is 5.97 Å². The third-order valence-electron chi connectivity index (χ3n) is 6.84. The number of pyridine rings is 1. The SMILES string of the molecule is Cc1cc(C(=O)OCC(=O)N2N=C3/C(=C/c4cccs4)CCC[C@@H]3[C@H]2c2cccs2)c2ccccc2n1. The van der Waals surface area contributed by atoms with Crippen LogP contribution in [0, 0.1) is 12.8 Å². The zero-order valence-electron chi connectivity index (χ0n) is 20.3. The number of esters is 1. The molecule has 1 aliphatic carbocycles. The molecule has 0 N–H and O–H groups in total. The number of carbonyl (C=O) groups is 2. The second kappa shape index (κ2) is 10.0. The molecular formula is C29H25N3O3S2. The van der Waals surface area contributed by atoms with Gasteiger partial charge in [-0.3, -0.25) is 9.78 Å². The Kier molecular flexibility index (Phi) is 6.44. The van der Waals surface area contributed by atoms with Crippen molar-refractivity contribution in [3.05, 3.63) is 91.9 Å². The molecule has 1 amide bonds. The number of benzene rings is 1. The van der Waals surface area contributed by atoms with Gasteiger partial charge in [-0.1, -0.05) is 30.3 Å². The molecule has 0 unspecified atom stereocenters. The van der Waals surface area contributed by atoms with Crippen molar-refractivity contribution in [3.8, 4) is 0 Å². The summed E-state index contributed by atoms with van der Waals surface area (Å²) in [5, 5.41) is 11.2. The van der Waals surface area contributed by atoms with Crippen LogP contribution in [0.1, 0.15) is 51.1 Å². The summed E-state index contributed by atoms with van der Waals surface area (Å²) in [5.41, 5.74) is 4.02. The van der Waals surface area contributed by atoms with E-state index in [1.165, 1.54) is 10.5 Å². The molecule has 1 fully saturated rings. The maximum Gasteiger partial charge on any atom is 0.339 e. The van der Waals surface area contributed by atoms with Crippen molar-refractivity contribution in [2.75, 3.05) is 6.61 Å². The zero-order chi connectivity index (χ0) is 25.4. The van der Waals surface area contributed by atoms with Crippen molar-refractivity contribution in [1.82, 2.24) is 9.99 Å². The first-order valence-electron chi connectivity index (χ1n) is 12.3. The lowest BCUT2D eigenvalue weighted by atomic mass is 9.79. The number of allylic oxidation sites excluding steroid dienone is 1. The fraction of sp³-hybridized carbons (Fsp3) is 0.241. The van der Waals surface area contributed by atoms with Gasteiger partial charge in [0.25, 0.3) is 5.91 Å². The van der Waals surface area contributed by atoms with Crippen LogP contribution in [0.5, 0.6) is 0 Å². The van der Waals surface area contributed by atoms with Gasteiger partial charge in [-0.25, -0.2) is 9.80 Å². The van der Waals surface area contributed by atoms with E-state index in [0.717, 1.165) is 41.1 Å². The summed E-state index contributed by atoms with van der Waals surface area (Å²) in [7, 11) is 0. The summed E-state index contributed by atoms with van der Waals surface area (Å²) >= 11 is 3.32. The Morgan fingerprint density at radius 3 is 2.76 bits per heavy atom. The molecule has 0 spiro atoms. The number of aromatic nitrogens is 1. The predicted octanol–water partition coefficient (Wildman–Crippen LogP) is 6.65. The van der Waals surface area contributed by atoms with Crippen molar-refractivity contribution in [3.63, 3.8) is 0 Å². The molecule has 0 saturated heterocycles. The summed E-state index contributed by atoms with van der Waals surface area (Å²) in [6, 6.07) is 17.2. The fourth-order valence-electron chi connectivity index (χ4n) is 5.24. The van der Waals surface area contributed by atoms with Crippen LogP contribution < -0.4 is 0 Å². The highest BCUT2D eigenvalue weighted by molar-refractivity contribution is 7.11. The van der Waals surface area contributed by atoms with Crippen LogP contribution in [-0.2, 0) is 9.53 Å². The zero-order valence-corrected chi connectivity index (χ0v) is 21.9. The number of para-hydroxylation sites is 1. The molecular weight excluding hydrogens is 502 g/mol. The van der Waals surface area contributed by atoms with E-state index in [1.54, 1.807) is 33.7 Å². The fourth-order valence-corrected chi connectivity index (χ4v) is 6.79. The molecule has 0 bridgehead atoms. The molecule has 2 atom stereocenters. The molecule has 2 aliphatic rings. The minimum absolute atomic E-state index is 0.130. The number of rotatable bonds is 5. The Hall–Kier alpha value is -3.62. The van der Waals surface area contributed by atoms with Gasteiger partial charge in [0.15, 0.2) is 6.61 Å². The summed E-state index contributed by atoms with van der Waals surface area (Å²) in [5.74, 6) is -0.727. The number of ether oxygens (including phenoxy) is 1. The smallest absolute Gasteiger partial charge is 0.339 e. The van der Waals surface area contributed by atoms with E-state index in [1.807, 2.05) is 48.7 Å². The Balaban J connectivity index is 1.27. The van der Waals surface area contributed by atoms with Crippen LogP contribution >= 0.6 is 22.7 Å². The highest BCUT2D eigenvalue weighted by atomic mass is 32.1. The number of nitrogens with zero attached hydrogens (tertiary/aromatic N) is 3. The van der Waals surface area contributed by atoms with Gasteiger partial charge in [-0.05, 0) is 72.9 Å². The second-order valence-electron chi connectivity index (χ2n) is 9.27. The molecule has 186 valence electrons. The molecule has 4 aromatic rings. The number of hydrogen-bond donors (Lipinski definition) is 0. The summed E-state index contributed by atoms with van der Waals surface area (Å²) in [6.07, 6.45) is 5.16. The van der Waals surface area contributed by atoms with Gasteiger partial charge in [-0.2, -0.15) is 5.10 Å². The average molecular weight is 528 g/mol. The van der Waals surface area contributed by atoms with E-state index in [4.69, 9.17) is 9.84 Å². The van der Waals surface area contributed by atoms with E-state index >= 15 is 0 Å². The van der Waals surface area contributed by atoms with Crippen molar-refractivity contribution >= 4 is 57.2 Å². The Labute approximate surface area is 222 Å². The van der Waals surface area contributed by atoms with Crippen LogP contribution in [-0.4, -0.2) is 34.2 Å². The molecule has 6 nitrogen and oxygen atoms in total. The van der Waals surface area contributed by atoms with Gasteiger partial charge in [0.1, 0.15) is 0 Å². The first-order valence-corrected chi connectivity index (χ1v) is 14.1. The third-order valence-corrected chi connectivity index (χ3v) is 8.60. The van der Waals surface area contributed by atoms with Gasteiger partial charge in [0.2, 0.25) is 0 Å². The molecule has 4 heterocycles. The lowest BCUT2D eigenvalue weighted by Crippen LogP contribution is -2.34. The minimum Gasteiger partial charge on any atom is -0.452 e. The van der Waals surface area contributed by atoms with Gasteiger partial charge in [-0.15, -0.1) is 22.7 Å². The number of hydrazone groups is 1. The monoisotopic (exact) mass is 527 g/mol. The van der Waals surface area contributed by atoms with Crippen LogP contribution in [0.25, 0.3) is 17.0 Å². The van der Waals surface area contributed by atoms with E-state index in [9.17, 15) is 9.59 Å². The van der Waals surface area contributed by atoms with Crippen molar-refractivity contribution < 1.29 is 14.3 Å². The number of carbonyl (C=O) groups excluding carboxylic acids is 2. The summed E-state index contributed by atoms with van der Waals surface area (Å²) in [6.45, 7) is 1.47. The highest BCUT2D eigenvalue weighted by Crippen LogP contribution is 2.45. The molecule has 6 rings (SSSR count). The molecule has 1 saturated carbocycles. The number of fused-ring (bicyclic) bond motifs is 2. The third kappa shape index (κ3) is 4.63. The number of hydrogen-bond acceptors (Lipinski definition) is 7. The summed E-state index contributed by atoms with van der Waals surface area (Å²) in [4.78, 5) is 33.3. The lowest BCUT2D eigenvalue weighted by molar-refractivity contribution is -0.136. The Morgan fingerprint density at radius 2 is 1.95 bits per heavy atom. The molecule has 37 heavy (non-hydrogen) atoms. The minimum atomic E-state index is -0.537. The first-order chi connectivity index (χ1) is 18.1. The highest BCUT2D eigenvalue weighted by Gasteiger charge is 2.44. The molecule has 1 aliphatic heterocycles. The normalized spacial score (nSPS) is 20.2. The van der Waals surface area contributed by atoms with Crippen molar-refractivity contribution in [2.24, 2.45) is 11.0 Å². The van der Waals surface area contributed by atoms with Gasteiger partial charge < -0.3 is 4.74 Å². The average Bonchev–Trinajstić information content (AvgIpc) is 3.68. The van der Waals surface area contributed by atoms with Crippen LogP contribution in [0.3, 0.4) is 0 Å². The van der Waals surface area contributed by atoms with E-state index in [0.29, 0.717) is 10.9 Å². The van der Waals surface area contributed by atoms with Crippen molar-refractivity contribution in [1.29, 1.82) is 0 Å². The number of thiophene rings is 2. The van der Waals surface area contributed by atoms with Crippen molar-refractivity contribution in [2.45, 2.75) is 32.2 Å². The Morgan fingerprint density at radius 1 is 1.11 bits per heavy atom. The standard InChI is InChI=1S/C29H25N3O3S2/c1-18-15-23(21-9-2-3-11-24(21)30-18)29(34)35-17-26(33)32-28(25-12-6-14-37-25)22-10-4-7-19(27(22)31-32)16-20-8-5-13-36-20/h2-3,5-6,8-9,11-16,22,28H,4,7,10,17H2,1H3/b19-16+/t22-,28-/m0/s1. The van der Waals surface area contributed by atoms with Gasteiger partial charge in [0, 0.05) is 26.8 Å². The summed E-state index contributed by atoms with van der Waals surface area (Å²) < 4.78 is 5.56. The number of amides is 1. The number of aryl methyl sites for hydroxylation is 1. The van der Waals surface area contributed by atoms with E-state index in [-0.39, 0.29) is 24.5 Å². The molecule has 0 radical (unpaired) electrons. The van der Waals surface area contributed by atoms with E-state index in [2.05, 4.69) is 28.6 Å². The topological polar surface area (TPSA) is 71.9 Å². The first kappa shape index (κ1) is 23.8.